The highest BCUT2D eigenvalue weighted by Crippen LogP contribution is 2.27. The summed E-state index contributed by atoms with van der Waals surface area (Å²) in [6, 6.07) is 3.19. The van der Waals surface area contributed by atoms with Crippen LogP contribution < -0.4 is 0 Å². The summed E-state index contributed by atoms with van der Waals surface area (Å²) in [7, 11) is 0. The maximum Gasteiger partial charge on any atom is 0.212 e. The molecule has 0 saturated carbocycles. The predicted molar refractivity (Wildman–Crippen MR) is 49.2 cm³/mol. The van der Waals surface area contributed by atoms with E-state index in [4.69, 9.17) is 20.5 Å². The van der Waals surface area contributed by atoms with Gasteiger partial charge in [-0.1, -0.05) is 5.16 Å². The average Bonchev–Trinajstić information content (AvgIpc) is 2.70. The molecule has 0 radical (unpaired) electrons. The minimum Gasteiger partial charge on any atom is -0.441 e. The van der Waals surface area contributed by atoms with Crippen molar-refractivity contribution in [2.45, 2.75) is 6.92 Å². The fraction of sp³-hybridized carbons (Fsp3) is 0.111. The van der Waals surface area contributed by atoms with Crippen LogP contribution in [0.15, 0.2) is 27.3 Å². The zero-order valence-corrected chi connectivity index (χ0v) is 8.04. The van der Waals surface area contributed by atoms with Crippen LogP contribution in [0.3, 0.4) is 0 Å². The molecule has 0 aromatic carbocycles. The maximum absolute atomic E-state index is 11.1. The number of halogens is 1. The summed E-state index contributed by atoms with van der Waals surface area (Å²) in [5.41, 5.74) is 0.385. The molecule has 0 unspecified atom stereocenters. The van der Waals surface area contributed by atoms with E-state index >= 15 is 0 Å². The lowest BCUT2D eigenvalue weighted by Gasteiger charge is -1.91. The van der Waals surface area contributed by atoms with Gasteiger partial charge in [-0.3, -0.25) is 4.79 Å². The van der Waals surface area contributed by atoms with Crippen LogP contribution in [-0.2, 0) is 0 Å². The van der Waals surface area contributed by atoms with Gasteiger partial charge >= 0.3 is 0 Å². The normalized spacial score (nSPS) is 10.4. The van der Waals surface area contributed by atoms with Crippen molar-refractivity contribution in [2.75, 3.05) is 0 Å². The van der Waals surface area contributed by atoms with E-state index < -0.39 is 0 Å². The van der Waals surface area contributed by atoms with Crippen molar-refractivity contribution in [3.05, 3.63) is 29.1 Å². The summed E-state index contributed by atoms with van der Waals surface area (Å²) in [6.07, 6.45) is 1.36. The summed E-state index contributed by atoms with van der Waals surface area (Å²) in [5, 5.41) is 3.77. The minimum atomic E-state index is -0.131. The van der Waals surface area contributed by atoms with E-state index in [-0.39, 0.29) is 11.0 Å². The summed E-state index contributed by atoms with van der Waals surface area (Å²) < 4.78 is 10.0. The summed E-state index contributed by atoms with van der Waals surface area (Å²) >= 11 is 5.60. The second-order valence-electron chi connectivity index (χ2n) is 2.73. The second kappa shape index (κ2) is 3.31. The Kier molecular flexibility index (Phi) is 2.13. The summed E-state index contributed by atoms with van der Waals surface area (Å²) in [6.45, 7) is 1.43. The Morgan fingerprint density at radius 2 is 2.29 bits per heavy atom. The van der Waals surface area contributed by atoms with Gasteiger partial charge in [0.15, 0.2) is 16.8 Å². The Labute approximate surface area is 84.4 Å². The number of aromatic nitrogens is 1. The Balaban J connectivity index is 2.51. The average molecular weight is 212 g/mol. The Bertz CT molecular complexity index is 472. The topological polar surface area (TPSA) is 56.2 Å². The van der Waals surface area contributed by atoms with E-state index in [2.05, 4.69) is 5.16 Å². The standard InChI is InChI=1S/C9H6ClNO3/c1-5(12)6-4-11-14-9(6)7-2-3-8(10)13-7/h2-4H,1H3. The van der Waals surface area contributed by atoms with E-state index in [9.17, 15) is 4.79 Å². The van der Waals surface area contributed by atoms with E-state index in [1.165, 1.54) is 13.1 Å². The van der Waals surface area contributed by atoms with Gasteiger partial charge in [-0.05, 0) is 30.7 Å². The molecule has 0 amide bonds. The van der Waals surface area contributed by atoms with Gasteiger partial charge in [-0.2, -0.15) is 0 Å². The first kappa shape index (κ1) is 9.02. The van der Waals surface area contributed by atoms with E-state index in [0.717, 1.165) is 0 Å². The van der Waals surface area contributed by atoms with E-state index in [1.807, 2.05) is 0 Å². The van der Waals surface area contributed by atoms with E-state index in [1.54, 1.807) is 12.1 Å². The van der Waals surface area contributed by atoms with Crippen LogP contribution in [0.1, 0.15) is 17.3 Å². The van der Waals surface area contributed by atoms with Crippen LogP contribution in [0.25, 0.3) is 11.5 Å². The van der Waals surface area contributed by atoms with Crippen molar-refractivity contribution in [2.24, 2.45) is 0 Å². The third-order valence-corrected chi connectivity index (χ3v) is 1.95. The van der Waals surface area contributed by atoms with Gasteiger partial charge in [0.2, 0.25) is 5.76 Å². The lowest BCUT2D eigenvalue weighted by atomic mass is 10.1. The fourth-order valence-electron chi connectivity index (χ4n) is 1.10. The lowest BCUT2D eigenvalue weighted by Crippen LogP contribution is -1.90. The Hall–Kier alpha value is -1.55. The van der Waals surface area contributed by atoms with Gasteiger partial charge in [0, 0.05) is 0 Å². The largest absolute Gasteiger partial charge is 0.441 e. The zero-order valence-electron chi connectivity index (χ0n) is 7.28. The van der Waals surface area contributed by atoms with E-state index in [0.29, 0.717) is 17.1 Å². The van der Waals surface area contributed by atoms with Crippen molar-refractivity contribution in [3.8, 4) is 11.5 Å². The minimum absolute atomic E-state index is 0.131. The molecule has 5 heteroatoms. The molecule has 0 fully saturated rings. The lowest BCUT2D eigenvalue weighted by molar-refractivity contribution is 0.101. The van der Waals surface area contributed by atoms with Gasteiger partial charge in [0.1, 0.15) is 0 Å². The van der Waals surface area contributed by atoms with Gasteiger partial charge in [0.05, 0.1) is 11.8 Å². The number of ketones is 1. The molecule has 14 heavy (non-hydrogen) atoms. The third-order valence-electron chi connectivity index (χ3n) is 1.75. The highest BCUT2D eigenvalue weighted by Gasteiger charge is 2.17. The molecule has 2 heterocycles. The highest BCUT2D eigenvalue weighted by atomic mass is 35.5. The number of hydrogen-bond donors (Lipinski definition) is 0. The summed E-state index contributed by atoms with van der Waals surface area (Å²) in [5.74, 6) is 0.580. The molecule has 0 bridgehead atoms. The van der Waals surface area contributed by atoms with Crippen molar-refractivity contribution >= 4 is 17.4 Å². The van der Waals surface area contributed by atoms with Gasteiger partial charge in [-0.15, -0.1) is 0 Å². The van der Waals surface area contributed by atoms with Gasteiger partial charge in [-0.25, -0.2) is 0 Å². The van der Waals surface area contributed by atoms with Crippen LogP contribution in [-0.4, -0.2) is 10.9 Å². The Morgan fingerprint density at radius 1 is 1.50 bits per heavy atom. The van der Waals surface area contributed by atoms with Crippen molar-refractivity contribution in [1.29, 1.82) is 0 Å². The van der Waals surface area contributed by atoms with Crippen LogP contribution in [0.4, 0.5) is 0 Å². The van der Waals surface area contributed by atoms with Crippen LogP contribution in [0, 0.1) is 0 Å². The van der Waals surface area contributed by atoms with Crippen LogP contribution >= 0.6 is 11.6 Å². The first-order valence-electron chi connectivity index (χ1n) is 3.90. The molecule has 0 aliphatic rings. The van der Waals surface area contributed by atoms with Crippen LogP contribution in [0.5, 0.6) is 0 Å². The number of rotatable bonds is 2. The first-order chi connectivity index (χ1) is 6.68. The van der Waals surface area contributed by atoms with Crippen molar-refractivity contribution < 1.29 is 13.7 Å². The molecule has 0 N–H and O–H groups in total. The molecule has 2 aromatic rings. The molecular formula is C9H6ClNO3. The number of hydrogen-bond acceptors (Lipinski definition) is 4. The molecule has 0 saturated heterocycles. The Morgan fingerprint density at radius 3 is 2.86 bits per heavy atom. The quantitative estimate of drug-likeness (QED) is 0.717. The molecule has 0 aliphatic heterocycles. The number of nitrogens with zero attached hydrogens (tertiary/aromatic N) is 1. The molecule has 0 atom stereocenters. The molecular weight excluding hydrogens is 206 g/mol. The first-order valence-corrected chi connectivity index (χ1v) is 4.27. The zero-order chi connectivity index (χ0) is 10.1. The van der Waals surface area contributed by atoms with Gasteiger partial charge < -0.3 is 8.94 Å². The molecule has 0 aliphatic carbocycles. The number of Topliss-reactive ketones (excluding diaryl/α,β-unsaturated/α-hetero) is 1. The highest BCUT2D eigenvalue weighted by molar-refractivity contribution is 6.29. The monoisotopic (exact) mass is 211 g/mol. The number of carbonyl (C=O) groups is 1. The fourth-order valence-corrected chi connectivity index (χ4v) is 1.25. The SMILES string of the molecule is CC(=O)c1cnoc1-c1ccc(Cl)o1. The molecule has 2 aromatic heterocycles. The predicted octanol–water partition coefficient (Wildman–Crippen LogP) is 2.79. The number of furan rings is 1. The molecule has 2 rings (SSSR count). The summed E-state index contributed by atoms with van der Waals surface area (Å²) in [4.78, 5) is 11.1. The molecule has 4 nitrogen and oxygen atoms in total. The third kappa shape index (κ3) is 1.44. The number of carbonyl (C=O) groups excluding carboxylic acids is 1. The smallest absolute Gasteiger partial charge is 0.212 e. The van der Waals surface area contributed by atoms with Crippen molar-refractivity contribution in [1.82, 2.24) is 5.16 Å². The molecule has 0 spiro atoms. The van der Waals surface area contributed by atoms with Crippen LogP contribution in [0.2, 0.25) is 5.22 Å². The van der Waals surface area contributed by atoms with Gasteiger partial charge in [0.25, 0.3) is 0 Å². The molecule has 72 valence electrons. The maximum atomic E-state index is 11.1. The second-order valence-corrected chi connectivity index (χ2v) is 3.10. The van der Waals surface area contributed by atoms with Crippen molar-refractivity contribution in [3.63, 3.8) is 0 Å².